The normalized spacial score (nSPS) is 10.3. The van der Waals surface area contributed by atoms with E-state index in [2.05, 4.69) is 4.74 Å². The molecule has 2 rings (SSSR count). The number of carbonyl (C=O) groups excluding carboxylic acids is 3. The number of esters is 1. The molecule has 0 atom stereocenters. The van der Waals surface area contributed by atoms with Crippen LogP contribution in [0, 0.1) is 5.82 Å². The van der Waals surface area contributed by atoms with Gasteiger partial charge in [-0.25, -0.2) is 9.18 Å². The van der Waals surface area contributed by atoms with E-state index in [4.69, 9.17) is 0 Å². The number of aromatic nitrogens is 1. The maximum atomic E-state index is 12.9. The summed E-state index contributed by atoms with van der Waals surface area (Å²) in [4.78, 5) is 35.1. The summed E-state index contributed by atoms with van der Waals surface area (Å²) >= 11 is 0. The van der Waals surface area contributed by atoms with Crippen LogP contribution in [0.1, 0.15) is 29.4 Å². The predicted molar refractivity (Wildman–Crippen MR) is 80.5 cm³/mol. The highest BCUT2D eigenvalue weighted by molar-refractivity contribution is 6.38. The van der Waals surface area contributed by atoms with Crippen LogP contribution in [0.25, 0.3) is 0 Å². The lowest BCUT2D eigenvalue weighted by atomic mass is 10.1. The Hall–Kier alpha value is -2.76. The third kappa shape index (κ3) is 4.35. The number of halogens is 1. The first-order chi connectivity index (χ1) is 11.0. The smallest absolute Gasteiger partial charge is 0.375 e. The Morgan fingerprint density at radius 1 is 1.13 bits per heavy atom. The molecule has 0 aliphatic heterocycles. The zero-order chi connectivity index (χ0) is 16.8. The number of hydrogen-bond donors (Lipinski definition) is 0. The van der Waals surface area contributed by atoms with Gasteiger partial charge in [0, 0.05) is 12.7 Å². The quantitative estimate of drug-likeness (QED) is 0.340. The Kier molecular flexibility index (Phi) is 5.41. The Morgan fingerprint density at radius 3 is 2.48 bits per heavy atom. The first kappa shape index (κ1) is 16.6. The van der Waals surface area contributed by atoms with Gasteiger partial charge in [0.05, 0.1) is 18.7 Å². The van der Waals surface area contributed by atoms with Crippen molar-refractivity contribution in [3.8, 4) is 0 Å². The average Bonchev–Trinajstić information content (AvgIpc) is 2.98. The van der Waals surface area contributed by atoms with E-state index in [0.29, 0.717) is 12.2 Å². The van der Waals surface area contributed by atoms with Crippen molar-refractivity contribution in [2.24, 2.45) is 0 Å². The molecule has 0 saturated carbocycles. The largest absolute Gasteiger partial charge is 0.460 e. The van der Waals surface area contributed by atoms with Crippen molar-refractivity contribution < 1.29 is 23.5 Å². The molecule has 0 bridgehead atoms. The summed E-state index contributed by atoms with van der Waals surface area (Å²) in [6.07, 6.45) is 1.15. The molecule has 0 radical (unpaired) electrons. The molecule has 0 N–H and O–H groups in total. The number of nitrogens with zero attached hydrogens (tertiary/aromatic N) is 1. The number of hydrogen-bond acceptors (Lipinski definition) is 4. The number of benzene rings is 1. The molecule has 0 fully saturated rings. The van der Waals surface area contributed by atoms with Crippen LogP contribution in [0.4, 0.5) is 4.39 Å². The van der Waals surface area contributed by atoms with Gasteiger partial charge in [0.2, 0.25) is 5.78 Å². The average molecular weight is 317 g/mol. The summed E-state index contributed by atoms with van der Waals surface area (Å²) in [6, 6.07) is 9.16. The van der Waals surface area contributed by atoms with Crippen LogP contribution in [0.2, 0.25) is 0 Å². The van der Waals surface area contributed by atoms with Crippen molar-refractivity contribution in [2.45, 2.75) is 19.9 Å². The molecule has 0 saturated heterocycles. The van der Waals surface area contributed by atoms with Gasteiger partial charge >= 0.3 is 5.97 Å². The minimum absolute atomic E-state index is 0.0830. The van der Waals surface area contributed by atoms with Crippen LogP contribution >= 0.6 is 0 Å². The molecule has 0 spiro atoms. The predicted octanol–water partition coefficient (Wildman–Crippen LogP) is 2.38. The van der Waals surface area contributed by atoms with Crippen molar-refractivity contribution in [3.05, 3.63) is 59.7 Å². The Balaban J connectivity index is 2.08. The molecule has 1 aromatic carbocycles. The van der Waals surface area contributed by atoms with Crippen LogP contribution in [-0.2, 0) is 20.9 Å². The lowest BCUT2D eigenvalue weighted by molar-refractivity contribution is -0.153. The van der Waals surface area contributed by atoms with Crippen LogP contribution < -0.4 is 0 Å². The van der Waals surface area contributed by atoms with Gasteiger partial charge in [0.25, 0.3) is 0 Å². The minimum Gasteiger partial charge on any atom is -0.460 e. The highest BCUT2D eigenvalue weighted by atomic mass is 19.1. The summed E-state index contributed by atoms with van der Waals surface area (Å²) in [5, 5.41) is 0. The Bertz CT molecular complexity index is 718. The maximum Gasteiger partial charge on any atom is 0.375 e. The molecule has 1 aromatic heterocycles. The van der Waals surface area contributed by atoms with Gasteiger partial charge in [0.15, 0.2) is 5.78 Å². The standard InChI is InChI=1S/C17H16FNO4/c1-2-23-17(22)16(21)10-15(20)14-4-3-9-19(14)11-12-5-7-13(18)8-6-12/h3-9H,2,10-11H2,1H3. The number of rotatable bonds is 7. The van der Waals surface area contributed by atoms with Crippen LogP contribution in [0.5, 0.6) is 0 Å². The molecular formula is C17H16FNO4. The van der Waals surface area contributed by atoms with Gasteiger partial charge in [-0.2, -0.15) is 0 Å². The monoisotopic (exact) mass is 317 g/mol. The van der Waals surface area contributed by atoms with Gasteiger partial charge < -0.3 is 9.30 Å². The molecule has 0 unspecified atom stereocenters. The van der Waals surface area contributed by atoms with Crippen molar-refractivity contribution in [2.75, 3.05) is 6.61 Å². The lowest BCUT2D eigenvalue weighted by Gasteiger charge is -2.08. The molecule has 0 aliphatic rings. The van der Waals surface area contributed by atoms with E-state index in [-0.39, 0.29) is 12.4 Å². The molecule has 23 heavy (non-hydrogen) atoms. The van der Waals surface area contributed by atoms with Crippen molar-refractivity contribution >= 4 is 17.5 Å². The van der Waals surface area contributed by atoms with Crippen molar-refractivity contribution in [1.82, 2.24) is 4.57 Å². The maximum absolute atomic E-state index is 12.9. The minimum atomic E-state index is -1.00. The third-order valence-electron chi connectivity index (χ3n) is 3.21. The zero-order valence-electron chi connectivity index (χ0n) is 12.6. The van der Waals surface area contributed by atoms with E-state index < -0.39 is 24.0 Å². The second-order valence-electron chi connectivity index (χ2n) is 4.89. The number of ether oxygens (including phenoxy) is 1. The topological polar surface area (TPSA) is 65.4 Å². The van der Waals surface area contributed by atoms with Gasteiger partial charge in [0.1, 0.15) is 5.82 Å². The Labute approximate surface area is 132 Å². The van der Waals surface area contributed by atoms with E-state index in [1.165, 1.54) is 12.1 Å². The summed E-state index contributed by atoms with van der Waals surface area (Å²) in [5.41, 5.74) is 1.13. The molecular weight excluding hydrogens is 301 g/mol. The molecule has 5 nitrogen and oxygen atoms in total. The second kappa shape index (κ2) is 7.49. The fraction of sp³-hybridized carbons (Fsp3) is 0.235. The SMILES string of the molecule is CCOC(=O)C(=O)CC(=O)c1cccn1Cc1ccc(F)cc1. The third-order valence-corrected chi connectivity index (χ3v) is 3.21. The molecule has 0 amide bonds. The number of Topliss-reactive ketones (excluding diaryl/α,β-unsaturated/α-hetero) is 2. The van der Waals surface area contributed by atoms with E-state index in [9.17, 15) is 18.8 Å². The van der Waals surface area contributed by atoms with Gasteiger partial charge in [-0.3, -0.25) is 9.59 Å². The molecule has 1 heterocycles. The van der Waals surface area contributed by atoms with E-state index in [1.54, 1.807) is 42.0 Å². The summed E-state index contributed by atoms with van der Waals surface area (Å²) in [7, 11) is 0. The molecule has 0 aliphatic carbocycles. The van der Waals surface area contributed by atoms with E-state index in [0.717, 1.165) is 5.56 Å². The van der Waals surface area contributed by atoms with Gasteiger partial charge in [-0.15, -0.1) is 0 Å². The van der Waals surface area contributed by atoms with Gasteiger partial charge in [-0.1, -0.05) is 12.1 Å². The van der Waals surface area contributed by atoms with Crippen molar-refractivity contribution in [3.63, 3.8) is 0 Å². The highest BCUT2D eigenvalue weighted by Gasteiger charge is 2.21. The van der Waals surface area contributed by atoms with E-state index in [1.807, 2.05) is 0 Å². The van der Waals surface area contributed by atoms with Crippen LogP contribution in [0.15, 0.2) is 42.6 Å². The lowest BCUT2D eigenvalue weighted by Crippen LogP contribution is -2.22. The fourth-order valence-electron chi connectivity index (χ4n) is 2.11. The second-order valence-corrected chi connectivity index (χ2v) is 4.89. The zero-order valence-corrected chi connectivity index (χ0v) is 12.6. The fourth-order valence-corrected chi connectivity index (χ4v) is 2.11. The van der Waals surface area contributed by atoms with Gasteiger partial charge in [-0.05, 0) is 36.8 Å². The number of carbonyl (C=O) groups is 3. The molecule has 6 heteroatoms. The summed E-state index contributed by atoms with van der Waals surface area (Å²) < 4.78 is 19.1. The first-order valence-corrected chi connectivity index (χ1v) is 7.14. The Morgan fingerprint density at radius 2 is 1.83 bits per heavy atom. The van der Waals surface area contributed by atoms with Crippen LogP contribution in [-0.4, -0.2) is 28.7 Å². The molecule has 120 valence electrons. The first-order valence-electron chi connectivity index (χ1n) is 7.14. The van der Waals surface area contributed by atoms with Crippen LogP contribution in [0.3, 0.4) is 0 Å². The summed E-state index contributed by atoms with van der Waals surface area (Å²) in [5.74, 6) is -2.67. The van der Waals surface area contributed by atoms with Crippen molar-refractivity contribution in [1.29, 1.82) is 0 Å². The summed E-state index contributed by atoms with van der Waals surface area (Å²) in [6.45, 7) is 2.03. The van der Waals surface area contributed by atoms with E-state index >= 15 is 0 Å². The highest BCUT2D eigenvalue weighted by Crippen LogP contribution is 2.11. The number of ketones is 2. The molecule has 2 aromatic rings.